The van der Waals surface area contributed by atoms with Crippen LogP contribution in [0.4, 0.5) is 15.6 Å². The molecule has 1 aromatic heterocycles. The number of piperazine rings is 1. The fourth-order valence-corrected chi connectivity index (χ4v) is 4.99. The molecule has 2 heterocycles. The number of hydrogen-bond acceptors (Lipinski definition) is 5. The molecule has 0 spiro atoms. The SMILES string of the molecule is O=C(Nc1cccc(Cl)c1)N1CCN(c2nnc(C3CCCCC3)s2)CC1. The highest BCUT2D eigenvalue weighted by Crippen LogP contribution is 2.36. The smallest absolute Gasteiger partial charge is 0.321 e. The first-order valence-corrected chi connectivity index (χ1v) is 10.8. The number of carbonyl (C=O) groups excluding carboxylic acids is 1. The third-order valence-corrected chi connectivity index (χ3v) is 6.68. The Morgan fingerprint density at radius 1 is 1.11 bits per heavy atom. The Kier molecular flexibility index (Phi) is 5.78. The Bertz CT molecular complexity index is 784. The van der Waals surface area contributed by atoms with Gasteiger partial charge in [0, 0.05) is 42.8 Å². The average molecular weight is 406 g/mol. The largest absolute Gasteiger partial charge is 0.343 e. The van der Waals surface area contributed by atoms with Crippen molar-refractivity contribution in [3.05, 3.63) is 34.3 Å². The van der Waals surface area contributed by atoms with Crippen molar-refractivity contribution < 1.29 is 4.79 Å². The Labute approximate surface area is 168 Å². The van der Waals surface area contributed by atoms with Gasteiger partial charge in [-0.2, -0.15) is 0 Å². The second-order valence-corrected chi connectivity index (χ2v) is 8.60. The number of anilines is 2. The first kappa shape index (κ1) is 18.5. The van der Waals surface area contributed by atoms with E-state index in [1.807, 2.05) is 17.0 Å². The normalized spacial score (nSPS) is 18.6. The summed E-state index contributed by atoms with van der Waals surface area (Å²) in [5, 5.41) is 14.6. The van der Waals surface area contributed by atoms with Crippen LogP contribution in [0, 0.1) is 0 Å². The highest BCUT2D eigenvalue weighted by Gasteiger charge is 2.25. The molecule has 2 fully saturated rings. The minimum atomic E-state index is -0.0860. The number of rotatable bonds is 3. The number of benzene rings is 1. The van der Waals surface area contributed by atoms with E-state index in [0.717, 1.165) is 23.9 Å². The maximum atomic E-state index is 12.5. The molecule has 0 bridgehead atoms. The lowest BCUT2D eigenvalue weighted by molar-refractivity contribution is 0.208. The van der Waals surface area contributed by atoms with Crippen molar-refractivity contribution in [1.29, 1.82) is 0 Å². The van der Waals surface area contributed by atoms with Gasteiger partial charge in [-0.15, -0.1) is 10.2 Å². The van der Waals surface area contributed by atoms with Gasteiger partial charge in [0.05, 0.1) is 0 Å². The summed E-state index contributed by atoms with van der Waals surface area (Å²) in [6, 6.07) is 7.13. The summed E-state index contributed by atoms with van der Waals surface area (Å²) in [7, 11) is 0. The van der Waals surface area contributed by atoms with Crippen LogP contribution >= 0.6 is 22.9 Å². The molecule has 0 unspecified atom stereocenters. The van der Waals surface area contributed by atoms with Gasteiger partial charge in [0.25, 0.3) is 0 Å². The van der Waals surface area contributed by atoms with Crippen LogP contribution in [-0.2, 0) is 0 Å². The molecule has 2 amide bonds. The third kappa shape index (κ3) is 4.52. The Morgan fingerprint density at radius 3 is 2.63 bits per heavy atom. The lowest BCUT2D eigenvalue weighted by Gasteiger charge is -2.34. The van der Waals surface area contributed by atoms with Crippen LogP contribution in [0.5, 0.6) is 0 Å². The van der Waals surface area contributed by atoms with E-state index < -0.39 is 0 Å². The van der Waals surface area contributed by atoms with E-state index in [2.05, 4.69) is 20.4 Å². The summed E-state index contributed by atoms with van der Waals surface area (Å²) >= 11 is 7.71. The zero-order valence-electron chi connectivity index (χ0n) is 15.2. The summed E-state index contributed by atoms with van der Waals surface area (Å²) < 4.78 is 0. The van der Waals surface area contributed by atoms with E-state index in [9.17, 15) is 4.79 Å². The van der Waals surface area contributed by atoms with Gasteiger partial charge in [-0.1, -0.05) is 48.3 Å². The maximum absolute atomic E-state index is 12.5. The summed E-state index contributed by atoms with van der Waals surface area (Å²) in [5.74, 6) is 0.592. The molecule has 2 aromatic rings. The van der Waals surface area contributed by atoms with Crippen LogP contribution in [-0.4, -0.2) is 47.3 Å². The number of nitrogens with one attached hydrogen (secondary N) is 1. The third-order valence-electron chi connectivity index (χ3n) is 5.30. The second kappa shape index (κ2) is 8.44. The number of nitrogens with zero attached hydrogens (tertiary/aromatic N) is 4. The molecule has 1 saturated carbocycles. The summed E-state index contributed by atoms with van der Waals surface area (Å²) in [6.07, 6.45) is 6.44. The Hall–Kier alpha value is -1.86. The summed E-state index contributed by atoms with van der Waals surface area (Å²) in [5.41, 5.74) is 0.719. The molecular weight excluding hydrogens is 382 g/mol. The van der Waals surface area contributed by atoms with Crippen molar-refractivity contribution in [3.8, 4) is 0 Å². The number of amides is 2. The van der Waals surface area contributed by atoms with Crippen LogP contribution in [0.25, 0.3) is 0 Å². The number of aromatic nitrogens is 2. The zero-order chi connectivity index (χ0) is 18.6. The van der Waals surface area contributed by atoms with Gasteiger partial charge < -0.3 is 15.1 Å². The van der Waals surface area contributed by atoms with E-state index in [1.54, 1.807) is 23.5 Å². The van der Waals surface area contributed by atoms with Gasteiger partial charge in [0.1, 0.15) is 5.01 Å². The fraction of sp³-hybridized carbons (Fsp3) is 0.526. The monoisotopic (exact) mass is 405 g/mol. The molecule has 1 N–H and O–H groups in total. The van der Waals surface area contributed by atoms with Crippen molar-refractivity contribution in [2.45, 2.75) is 38.0 Å². The van der Waals surface area contributed by atoms with Crippen LogP contribution < -0.4 is 10.2 Å². The minimum Gasteiger partial charge on any atom is -0.343 e. The van der Waals surface area contributed by atoms with Crippen molar-refractivity contribution in [2.75, 3.05) is 36.4 Å². The number of carbonyl (C=O) groups is 1. The van der Waals surface area contributed by atoms with Crippen molar-refractivity contribution in [3.63, 3.8) is 0 Å². The first-order chi connectivity index (χ1) is 13.2. The average Bonchev–Trinajstić information content (AvgIpc) is 3.19. The topological polar surface area (TPSA) is 61.4 Å². The van der Waals surface area contributed by atoms with Crippen LogP contribution in [0.15, 0.2) is 24.3 Å². The zero-order valence-corrected chi connectivity index (χ0v) is 16.8. The van der Waals surface area contributed by atoms with Crippen molar-refractivity contribution in [2.24, 2.45) is 0 Å². The molecule has 1 aromatic carbocycles. The van der Waals surface area contributed by atoms with E-state index in [-0.39, 0.29) is 6.03 Å². The number of urea groups is 1. The highest BCUT2D eigenvalue weighted by molar-refractivity contribution is 7.15. The molecule has 1 aliphatic heterocycles. The molecule has 0 atom stereocenters. The van der Waals surface area contributed by atoms with Crippen LogP contribution in [0.2, 0.25) is 5.02 Å². The van der Waals surface area contributed by atoms with Gasteiger partial charge in [0.15, 0.2) is 0 Å². The lowest BCUT2D eigenvalue weighted by atomic mass is 9.90. The molecule has 1 aliphatic carbocycles. The van der Waals surface area contributed by atoms with Gasteiger partial charge in [-0.3, -0.25) is 0 Å². The molecule has 27 heavy (non-hydrogen) atoms. The Morgan fingerprint density at radius 2 is 1.89 bits per heavy atom. The minimum absolute atomic E-state index is 0.0860. The predicted octanol–water partition coefficient (Wildman–Crippen LogP) is 4.59. The number of hydrogen-bond donors (Lipinski definition) is 1. The quantitative estimate of drug-likeness (QED) is 0.810. The fourth-order valence-electron chi connectivity index (χ4n) is 3.74. The predicted molar refractivity (Wildman–Crippen MR) is 110 cm³/mol. The summed E-state index contributed by atoms with van der Waals surface area (Å²) in [4.78, 5) is 16.5. The van der Waals surface area contributed by atoms with E-state index in [1.165, 1.54) is 37.1 Å². The molecule has 1 saturated heterocycles. The van der Waals surface area contributed by atoms with Gasteiger partial charge in [-0.05, 0) is 31.0 Å². The molecule has 4 rings (SSSR count). The summed E-state index contributed by atoms with van der Waals surface area (Å²) in [6.45, 7) is 2.90. The van der Waals surface area contributed by atoms with E-state index in [4.69, 9.17) is 11.6 Å². The molecule has 6 nitrogen and oxygen atoms in total. The number of halogens is 1. The van der Waals surface area contributed by atoms with Crippen LogP contribution in [0.3, 0.4) is 0 Å². The molecular formula is C19H24ClN5OS. The Balaban J connectivity index is 1.31. The standard InChI is InChI=1S/C19H24ClN5OS/c20-15-7-4-8-16(13-15)21-18(26)24-9-11-25(12-10-24)19-23-22-17(27-19)14-5-2-1-3-6-14/h4,7-8,13-14H,1-3,5-6,9-12H2,(H,21,26). The van der Waals surface area contributed by atoms with E-state index in [0.29, 0.717) is 24.0 Å². The van der Waals surface area contributed by atoms with E-state index >= 15 is 0 Å². The lowest BCUT2D eigenvalue weighted by Crippen LogP contribution is -2.50. The molecule has 0 radical (unpaired) electrons. The van der Waals surface area contributed by atoms with Gasteiger partial charge >= 0.3 is 6.03 Å². The van der Waals surface area contributed by atoms with Gasteiger partial charge in [-0.25, -0.2) is 4.79 Å². The first-order valence-electron chi connectivity index (χ1n) is 9.59. The van der Waals surface area contributed by atoms with Crippen molar-refractivity contribution >= 4 is 39.8 Å². The molecule has 144 valence electrons. The van der Waals surface area contributed by atoms with Gasteiger partial charge in [0.2, 0.25) is 5.13 Å². The molecule has 8 heteroatoms. The molecule has 2 aliphatic rings. The van der Waals surface area contributed by atoms with Crippen molar-refractivity contribution in [1.82, 2.24) is 15.1 Å². The van der Waals surface area contributed by atoms with Crippen LogP contribution in [0.1, 0.15) is 43.0 Å². The highest BCUT2D eigenvalue weighted by atomic mass is 35.5. The second-order valence-electron chi connectivity index (χ2n) is 7.17. The maximum Gasteiger partial charge on any atom is 0.321 e.